The summed E-state index contributed by atoms with van der Waals surface area (Å²) >= 11 is 4.88. The average molecular weight is 462 g/mol. The fourth-order valence-corrected chi connectivity index (χ4v) is 6.23. The molecule has 29 heavy (non-hydrogen) atoms. The number of hydrogen-bond donors (Lipinski definition) is 0. The Bertz CT molecular complexity index is 1230. The second-order valence-corrected chi connectivity index (χ2v) is 9.52. The number of benzene rings is 3. The molecular weight excluding hydrogens is 442 g/mol. The van der Waals surface area contributed by atoms with Crippen LogP contribution in [-0.4, -0.2) is 14.8 Å². The predicted octanol–water partition coefficient (Wildman–Crippen LogP) is 7.22. The van der Waals surface area contributed by atoms with Crippen LogP contribution in [0.5, 0.6) is 0 Å². The lowest BCUT2D eigenvalue weighted by Crippen LogP contribution is -2.26. The Morgan fingerprint density at radius 1 is 0.966 bits per heavy atom. The van der Waals surface area contributed by atoms with Gasteiger partial charge in [0, 0.05) is 33.4 Å². The number of anilines is 2. The van der Waals surface area contributed by atoms with E-state index in [4.69, 9.17) is 0 Å². The van der Waals surface area contributed by atoms with Crippen molar-refractivity contribution in [2.24, 2.45) is 0 Å². The molecule has 1 aliphatic carbocycles. The van der Waals surface area contributed by atoms with Gasteiger partial charge in [0.15, 0.2) is 0 Å². The fraction of sp³-hybridized carbons (Fsp3) is 0.250. The lowest BCUT2D eigenvalue weighted by molar-refractivity contribution is 0.642. The number of hydrogen-bond acceptors (Lipinski definition) is 4. The summed E-state index contributed by atoms with van der Waals surface area (Å²) in [4.78, 5) is 2.58. The van der Waals surface area contributed by atoms with Crippen molar-refractivity contribution in [3.63, 3.8) is 0 Å². The molecule has 1 aromatic heterocycles. The maximum atomic E-state index is 4.58. The Hall–Kier alpha value is -2.24. The third-order valence-corrected chi connectivity index (χ3v) is 7.66. The smallest absolute Gasteiger partial charge is 0.119 e. The summed E-state index contributed by atoms with van der Waals surface area (Å²) in [6, 6.07) is 20.8. The molecule has 0 bridgehead atoms. The molecule has 0 radical (unpaired) electrons. The molecule has 1 saturated carbocycles. The van der Waals surface area contributed by atoms with Crippen molar-refractivity contribution in [3.8, 4) is 11.1 Å². The molecule has 1 aliphatic heterocycles. The molecule has 0 saturated heterocycles. The number of nitrogens with zero attached hydrogens (tertiary/aromatic N) is 3. The third kappa shape index (κ3) is 2.67. The summed E-state index contributed by atoms with van der Waals surface area (Å²) in [6.07, 6.45) is 3.85. The summed E-state index contributed by atoms with van der Waals surface area (Å²) in [7, 11) is 0. The zero-order valence-electron chi connectivity index (χ0n) is 16.1. The predicted molar refractivity (Wildman–Crippen MR) is 124 cm³/mol. The van der Waals surface area contributed by atoms with E-state index in [-0.39, 0.29) is 0 Å². The molecule has 1 fully saturated rings. The Balaban J connectivity index is 1.50. The summed E-state index contributed by atoms with van der Waals surface area (Å²) < 4.78 is 10.0. The highest BCUT2D eigenvalue weighted by Gasteiger charge is 2.42. The number of rotatable bonds is 2. The SMILES string of the molecule is Cc1ccc(N2c3ccc(-c4ccc(Br)c5nsnc45)cc3C3CCCC32)cc1. The summed E-state index contributed by atoms with van der Waals surface area (Å²) in [5.74, 6) is 0.616. The maximum absolute atomic E-state index is 4.58. The quantitative estimate of drug-likeness (QED) is 0.315. The standard InChI is InChI=1S/C24H20BrN3S/c1-14-5-8-16(9-6-14)28-21-4-2-3-18(21)19-13-15(7-12-22(19)28)17-10-11-20(25)24-23(17)26-29-27-24/h5-13,18,21H,2-4H2,1H3. The summed E-state index contributed by atoms with van der Waals surface area (Å²) in [6.45, 7) is 2.15. The molecule has 3 aromatic carbocycles. The Morgan fingerprint density at radius 2 is 1.79 bits per heavy atom. The Kier molecular flexibility index (Phi) is 4.03. The molecule has 4 aromatic rings. The van der Waals surface area contributed by atoms with Crippen molar-refractivity contribution in [2.75, 3.05) is 4.90 Å². The number of fused-ring (bicyclic) bond motifs is 4. The van der Waals surface area contributed by atoms with Crippen LogP contribution in [0.25, 0.3) is 22.2 Å². The topological polar surface area (TPSA) is 29.0 Å². The summed E-state index contributed by atoms with van der Waals surface area (Å²) in [5, 5.41) is 0. The molecule has 2 aliphatic rings. The largest absolute Gasteiger partial charge is 0.338 e. The van der Waals surface area contributed by atoms with Gasteiger partial charge in [0.1, 0.15) is 11.0 Å². The van der Waals surface area contributed by atoms with Gasteiger partial charge in [0.05, 0.1) is 11.7 Å². The van der Waals surface area contributed by atoms with E-state index in [0.717, 1.165) is 15.5 Å². The van der Waals surface area contributed by atoms with Crippen LogP contribution in [0, 0.1) is 6.92 Å². The van der Waals surface area contributed by atoms with E-state index < -0.39 is 0 Å². The molecule has 3 nitrogen and oxygen atoms in total. The van der Waals surface area contributed by atoms with Crippen LogP contribution in [0.2, 0.25) is 0 Å². The molecule has 2 unspecified atom stereocenters. The minimum atomic E-state index is 0.578. The van der Waals surface area contributed by atoms with E-state index in [1.807, 2.05) is 0 Å². The zero-order valence-corrected chi connectivity index (χ0v) is 18.5. The molecule has 0 amide bonds. The van der Waals surface area contributed by atoms with Gasteiger partial charge in [-0.1, -0.05) is 36.2 Å². The first kappa shape index (κ1) is 17.6. The van der Waals surface area contributed by atoms with Gasteiger partial charge in [-0.3, -0.25) is 0 Å². The van der Waals surface area contributed by atoms with Crippen molar-refractivity contribution in [2.45, 2.75) is 38.1 Å². The van der Waals surface area contributed by atoms with E-state index >= 15 is 0 Å². The second kappa shape index (κ2) is 6.64. The molecular formula is C24H20BrN3S. The van der Waals surface area contributed by atoms with Crippen LogP contribution in [0.3, 0.4) is 0 Å². The third-order valence-electron chi connectivity index (χ3n) is 6.49. The van der Waals surface area contributed by atoms with Gasteiger partial charge in [-0.15, -0.1) is 0 Å². The lowest BCUT2D eigenvalue weighted by atomic mass is 9.93. The van der Waals surface area contributed by atoms with Crippen molar-refractivity contribution in [1.82, 2.24) is 8.75 Å². The molecule has 2 heterocycles. The maximum Gasteiger partial charge on any atom is 0.119 e. The second-order valence-electron chi connectivity index (χ2n) is 8.14. The van der Waals surface area contributed by atoms with Crippen molar-refractivity contribution in [1.29, 1.82) is 0 Å². The van der Waals surface area contributed by atoms with Crippen LogP contribution >= 0.6 is 27.7 Å². The number of aryl methyl sites for hydroxylation is 1. The van der Waals surface area contributed by atoms with Gasteiger partial charge in [0.25, 0.3) is 0 Å². The minimum Gasteiger partial charge on any atom is -0.338 e. The first-order valence-electron chi connectivity index (χ1n) is 10.1. The van der Waals surface area contributed by atoms with Crippen LogP contribution in [0.4, 0.5) is 11.4 Å². The molecule has 5 heteroatoms. The van der Waals surface area contributed by atoms with Crippen molar-refractivity contribution < 1.29 is 0 Å². The lowest BCUT2D eigenvalue weighted by Gasteiger charge is -2.27. The van der Waals surface area contributed by atoms with Crippen LogP contribution < -0.4 is 4.90 Å². The highest BCUT2D eigenvalue weighted by molar-refractivity contribution is 9.10. The monoisotopic (exact) mass is 461 g/mol. The molecule has 0 N–H and O–H groups in total. The first-order valence-corrected chi connectivity index (χ1v) is 11.6. The fourth-order valence-electron chi connectivity index (χ4n) is 5.13. The number of halogens is 1. The Morgan fingerprint density at radius 3 is 2.66 bits per heavy atom. The van der Waals surface area contributed by atoms with E-state index in [1.54, 1.807) is 0 Å². The van der Waals surface area contributed by atoms with Crippen molar-refractivity contribution >= 4 is 50.1 Å². The number of aromatic nitrogens is 2. The molecule has 6 rings (SSSR count). The van der Waals surface area contributed by atoms with Gasteiger partial charge in [-0.05, 0) is 77.2 Å². The van der Waals surface area contributed by atoms with Crippen LogP contribution in [-0.2, 0) is 0 Å². The molecule has 0 spiro atoms. The van der Waals surface area contributed by atoms with Gasteiger partial charge in [0.2, 0.25) is 0 Å². The van der Waals surface area contributed by atoms with Gasteiger partial charge < -0.3 is 4.90 Å². The van der Waals surface area contributed by atoms with Gasteiger partial charge >= 0.3 is 0 Å². The summed E-state index contributed by atoms with van der Waals surface area (Å²) in [5.41, 5.74) is 9.83. The van der Waals surface area contributed by atoms with Crippen LogP contribution in [0.15, 0.2) is 59.1 Å². The Labute approximate surface area is 182 Å². The van der Waals surface area contributed by atoms with E-state index in [1.165, 1.54) is 64.6 Å². The van der Waals surface area contributed by atoms with E-state index in [9.17, 15) is 0 Å². The van der Waals surface area contributed by atoms with Gasteiger partial charge in [-0.2, -0.15) is 8.75 Å². The average Bonchev–Trinajstić information content (AvgIpc) is 3.45. The van der Waals surface area contributed by atoms with Crippen molar-refractivity contribution in [3.05, 3.63) is 70.2 Å². The van der Waals surface area contributed by atoms with Crippen LogP contribution in [0.1, 0.15) is 36.3 Å². The van der Waals surface area contributed by atoms with E-state index in [0.29, 0.717) is 12.0 Å². The van der Waals surface area contributed by atoms with E-state index in [2.05, 4.69) is 91.1 Å². The minimum absolute atomic E-state index is 0.578. The highest BCUT2D eigenvalue weighted by Crippen LogP contribution is 2.53. The van der Waals surface area contributed by atoms with Gasteiger partial charge in [-0.25, -0.2) is 0 Å². The molecule has 144 valence electrons. The first-order chi connectivity index (χ1) is 14.2. The zero-order chi connectivity index (χ0) is 19.5. The normalized spacial score (nSPS) is 20.3. The molecule has 2 atom stereocenters. The highest BCUT2D eigenvalue weighted by atomic mass is 79.9.